The van der Waals surface area contributed by atoms with E-state index in [1.165, 1.54) is 0 Å². The van der Waals surface area contributed by atoms with Gasteiger partial charge in [0.25, 0.3) is 0 Å². The molecular weight excluding hydrogens is 174 g/mol. The molecule has 0 saturated heterocycles. The molecule has 4 heteroatoms. The highest BCUT2D eigenvalue weighted by atomic mass is 32.2. The first-order chi connectivity index (χ1) is 5.68. The minimum absolute atomic E-state index is 0.234. The molecule has 3 nitrogen and oxygen atoms in total. The molecule has 0 radical (unpaired) electrons. The summed E-state index contributed by atoms with van der Waals surface area (Å²) in [6.45, 7) is 2.19. The third-order valence-electron chi connectivity index (χ3n) is 1.44. The van der Waals surface area contributed by atoms with Gasteiger partial charge in [-0.2, -0.15) is 12.8 Å². The Labute approximate surface area is 72.8 Å². The second-order valence-electron chi connectivity index (χ2n) is 2.49. The van der Waals surface area contributed by atoms with E-state index in [0.717, 1.165) is 11.1 Å². The average Bonchev–Trinajstić information content (AvgIpc) is 2.01. The molecule has 0 heterocycles. The van der Waals surface area contributed by atoms with Crippen molar-refractivity contribution in [2.24, 2.45) is 4.36 Å². The highest BCUT2D eigenvalue weighted by molar-refractivity contribution is 7.61. The lowest BCUT2D eigenvalue weighted by Crippen LogP contribution is -1.81. The predicted octanol–water partition coefficient (Wildman–Crippen LogP) is 1.56. The van der Waals surface area contributed by atoms with Crippen molar-refractivity contribution in [3.05, 3.63) is 35.4 Å². The Morgan fingerprint density at radius 3 is 2.75 bits per heavy atom. The fourth-order valence-corrected chi connectivity index (χ4v) is 1.19. The van der Waals surface area contributed by atoms with E-state index in [4.69, 9.17) is 0 Å². The number of rotatable bonds is 2. The third-order valence-corrected chi connectivity index (χ3v) is 1.77. The van der Waals surface area contributed by atoms with Crippen molar-refractivity contribution in [3.8, 4) is 0 Å². The molecule has 0 atom stereocenters. The Morgan fingerprint density at radius 2 is 2.17 bits per heavy atom. The molecule has 0 aliphatic heterocycles. The van der Waals surface area contributed by atoms with Crippen LogP contribution in [0, 0.1) is 6.92 Å². The maximum Gasteiger partial charge on any atom is 0.311 e. The Balaban J connectivity index is 2.83. The van der Waals surface area contributed by atoms with Gasteiger partial charge in [0.05, 0.1) is 6.54 Å². The maximum absolute atomic E-state index is 10.1. The normalized spacial score (nSPS) is 9.42. The van der Waals surface area contributed by atoms with Crippen molar-refractivity contribution in [3.63, 3.8) is 0 Å². The van der Waals surface area contributed by atoms with E-state index in [0.29, 0.717) is 0 Å². The van der Waals surface area contributed by atoms with Crippen LogP contribution in [-0.4, -0.2) is 8.42 Å². The van der Waals surface area contributed by atoms with Crippen LogP contribution in [0.1, 0.15) is 11.1 Å². The Morgan fingerprint density at radius 1 is 1.42 bits per heavy atom. The molecule has 0 fully saturated rings. The number of benzene rings is 1. The standard InChI is InChI=1S/C8H9NO2S/c1-7-3-2-4-8(5-7)6-9-12(10)11/h2-5H,6H2,1H3. The first kappa shape index (κ1) is 8.93. The van der Waals surface area contributed by atoms with Crippen molar-refractivity contribution >= 4 is 10.5 Å². The zero-order chi connectivity index (χ0) is 8.97. The van der Waals surface area contributed by atoms with Crippen LogP contribution >= 0.6 is 0 Å². The van der Waals surface area contributed by atoms with E-state index >= 15 is 0 Å². The van der Waals surface area contributed by atoms with E-state index in [-0.39, 0.29) is 6.54 Å². The Hall–Kier alpha value is -1.16. The molecule has 0 amide bonds. The molecular formula is C8H9NO2S. The van der Waals surface area contributed by atoms with Gasteiger partial charge in [-0.05, 0) is 12.5 Å². The fraction of sp³-hybridized carbons (Fsp3) is 0.250. The van der Waals surface area contributed by atoms with Crippen molar-refractivity contribution < 1.29 is 8.42 Å². The molecule has 0 bridgehead atoms. The fourth-order valence-electron chi connectivity index (χ4n) is 0.938. The summed E-state index contributed by atoms with van der Waals surface area (Å²) in [6, 6.07) is 7.60. The van der Waals surface area contributed by atoms with Crippen LogP contribution in [0.2, 0.25) is 0 Å². The predicted molar refractivity (Wildman–Crippen MR) is 46.2 cm³/mol. The number of nitrogens with zero attached hydrogens (tertiary/aromatic N) is 1. The molecule has 1 rings (SSSR count). The number of aryl methyl sites for hydroxylation is 1. The molecule has 12 heavy (non-hydrogen) atoms. The van der Waals surface area contributed by atoms with E-state index in [1.54, 1.807) is 0 Å². The lowest BCUT2D eigenvalue weighted by Gasteiger charge is -1.95. The summed E-state index contributed by atoms with van der Waals surface area (Å²) >= 11 is 0. The summed E-state index contributed by atoms with van der Waals surface area (Å²) in [5.41, 5.74) is 2.03. The number of hydrogen-bond donors (Lipinski definition) is 0. The van der Waals surface area contributed by atoms with Gasteiger partial charge < -0.3 is 0 Å². The van der Waals surface area contributed by atoms with E-state index in [1.807, 2.05) is 31.2 Å². The van der Waals surface area contributed by atoms with Gasteiger partial charge in [0.1, 0.15) is 0 Å². The largest absolute Gasteiger partial charge is 0.311 e. The minimum Gasteiger partial charge on any atom is -0.167 e. The summed E-state index contributed by atoms with van der Waals surface area (Å²) in [5, 5.41) is 0. The van der Waals surface area contributed by atoms with Crippen molar-refractivity contribution in [1.29, 1.82) is 0 Å². The number of hydrogen-bond acceptors (Lipinski definition) is 3. The Kier molecular flexibility index (Phi) is 2.99. The highest BCUT2D eigenvalue weighted by Crippen LogP contribution is 2.04. The zero-order valence-corrected chi connectivity index (χ0v) is 7.50. The van der Waals surface area contributed by atoms with Gasteiger partial charge in [-0.3, -0.25) is 0 Å². The van der Waals surface area contributed by atoms with Crippen LogP contribution in [-0.2, 0) is 17.0 Å². The molecule has 0 aliphatic carbocycles. The van der Waals surface area contributed by atoms with E-state index < -0.39 is 10.5 Å². The molecule has 0 saturated carbocycles. The summed E-state index contributed by atoms with van der Waals surface area (Å²) in [7, 11) is -2.30. The van der Waals surface area contributed by atoms with Gasteiger partial charge >= 0.3 is 10.5 Å². The summed E-state index contributed by atoms with van der Waals surface area (Å²) in [6.07, 6.45) is 0. The molecule has 0 unspecified atom stereocenters. The molecule has 0 aromatic heterocycles. The molecule has 64 valence electrons. The monoisotopic (exact) mass is 183 g/mol. The molecule has 0 N–H and O–H groups in total. The Bertz CT molecular complexity index is 387. The minimum atomic E-state index is -2.30. The summed E-state index contributed by atoms with van der Waals surface area (Å²) in [4.78, 5) is 0. The van der Waals surface area contributed by atoms with Crippen LogP contribution in [0.25, 0.3) is 0 Å². The lowest BCUT2D eigenvalue weighted by molar-refractivity contribution is 0.620. The average molecular weight is 183 g/mol. The van der Waals surface area contributed by atoms with Gasteiger partial charge in [0.15, 0.2) is 0 Å². The molecule has 0 aliphatic rings. The molecule has 1 aromatic carbocycles. The van der Waals surface area contributed by atoms with Gasteiger partial charge in [-0.1, -0.05) is 29.8 Å². The second kappa shape index (κ2) is 4.01. The van der Waals surface area contributed by atoms with Gasteiger partial charge in [0, 0.05) is 0 Å². The SMILES string of the molecule is Cc1cccc(CN=S(=O)=O)c1. The topological polar surface area (TPSA) is 46.5 Å². The van der Waals surface area contributed by atoms with Crippen LogP contribution in [0.3, 0.4) is 0 Å². The van der Waals surface area contributed by atoms with E-state index in [9.17, 15) is 8.42 Å². The van der Waals surface area contributed by atoms with Crippen molar-refractivity contribution in [2.75, 3.05) is 0 Å². The smallest absolute Gasteiger partial charge is 0.167 e. The lowest BCUT2D eigenvalue weighted by atomic mass is 10.1. The molecule has 0 spiro atoms. The zero-order valence-electron chi connectivity index (χ0n) is 6.69. The van der Waals surface area contributed by atoms with Crippen LogP contribution in [0.15, 0.2) is 28.6 Å². The van der Waals surface area contributed by atoms with Gasteiger partial charge in [-0.25, -0.2) is 0 Å². The first-order valence-corrected chi connectivity index (χ1v) is 4.54. The first-order valence-electron chi connectivity index (χ1n) is 3.51. The van der Waals surface area contributed by atoms with Crippen molar-refractivity contribution in [1.82, 2.24) is 0 Å². The van der Waals surface area contributed by atoms with Gasteiger partial charge in [-0.15, -0.1) is 0 Å². The summed E-state index contributed by atoms with van der Waals surface area (Å²) < 4.78 is 23.5. The maximum atomic E-state index is 10.1. The third kappa shape index (κ3) is 2.84. The molecule has 1 aromatic rings. The second-order valence-corrected chi connectivity index (χ2v) is 3.19. The van der Waals surface area contributed by atoms with Crippen molar-refractivity contribution in [2.45, 2.75) is 13.5 Å². The van der Waals surface area contributed by atoms with Crippen LogP contribution in [0.4, 0.5) is 0 Å². The quantitative estimate of drug-likeness (QED) is 0.698. The van der Waals surface area contributed by atoms with Crippen LogP contribution < -0.4 is 0 Å². The van der Waals surface area contributed by atoms with Gasteiger partial charge in [0.2, 0.25) is 0 Å². The van der Waals surface area contributed by atoms with E-state index in [2.05, 4.69) is 4.36 Å². The summed E-state index contributed by atoms with van der Waals surface area (Å²) in [5.74, 6) is 0. The van der Waals surface area contributed by atoms with Crippen LogP contribution in [0.5, 0.6) is 0 Å². The highest BCUT2D eigenvalue weighted by Gasteiger charge is 1.90.